The fraction of sp³-hybridized carbons (Fsp3) is 0.312. The molecule has 1 aromatic heterocycles. The number of hydrogen-bond donors (Lipinski definition) is 0. The molecule has 100 valence electrons. The van der Waals surface area contributed by atoms with Gasteiger partial charge in [-0.1, -0.05) is 30.3 Å². The van der Waals surface area contributed by atoms with Crippen LogP contribution in [0.1, 0.15) is 16.8 Å². The average molecular weight is 275 g/mol. The van der Waals surface area contributed by atoms with Gasteiger partial charge in [0.1, 0.15) is 5.82 Å². The van der Waals surface area contributed by atoms with Crippen molar-refractivity contribution >= 4 is 17.4 Å². The molecule has 2 rings (SSSR count). The van der Waals surface area contributed by atoms with Gasteiger partial charge in [-0.2, -0.15) is 0 Å². The molecule has 0 unspecified atom stereocenters. The minimum absolute atomic E-state index is 0.531. The zero-order valence-corrected chi connectivity index (χ0v) is 12.2. The molecule has 0 aliphatic rings. The van der Waals surface area contributed by atoms with Crippen molar-refractivity contribution in [3.8, 4) is 0 Å². The highest BCUT2D eigenvalue weighted by Crippen LogP contribution is 2.16. The van der Waals surface area contributed by atoms with Crippen molar-refractivity contribution in [1.82, 2.24) is 4.98 Å². The summed E-state index contributed by atoms with van der Waals surface area (Å²) in [5, 5.41) is 0. The standard InChI is InChI=1S/C16H19ClN2/c1-13-10-15(12-17)11-16(18-13)19(2)9-8-14-6-4-3-5-7-14/h3-7,10-11H,8-9,12H2,1-2H3. The third kappa shape index (κ3) is 3.97. The minimum atomic E-state index is 0.531. The number of likely N-dealkylation sites (N-methyl/N-ethyl adjacent to an activating group) is 1. The first-order valence-corrected chi connectivity index (χ1v) is 7.01. The maximum absolute atomic E-state index is 5.90. The summed E-state index contributed by atoms with van der Waals surface area (Å²) in [5.41, 5.74) is 3.48. The van der Waals surface area contributed by atoms with E-state index >= 15 is 0 Å². The smallest absolute Gasteiger partial charge is 0.128 e. The molecule has 0 fully saturated rings. The Morgan fingerprint density at radius 2 is 1.84 bits per heavy atom. The van der Waals surface area contributed by atoms with Gasteiger partial charge in [0.15, 0.2) is 0 Å². The lowest BCUT2D eigenvalue weighted by atomic mass is 10.1. The average Bonchev–Trinajstić information content (AvgIpc) is 2.45. The van der Waals surface area contributed by atoms with Crippen LogP contribution in [0.4, 0.5) is 5.82 Å². The number of aryl methyl sites for hydroxylation is 1. The third-order valence-electron chi connectivity index (χ3n) is 3.12. The third-order valence-corrected chi connectivity index (χ3v) is 3.43. The van der Waals surface area contributed by atoms with Crippen LogP contribution in [0.3, 0.4) is 0 Å². The number of alkyl halides is 1. The fourth-order valence-corrected chi connectivity index (χ4v) is 2.20. The predicted molar refractivity (Wildman–Crippen MR) is 81.9 cm³/mol. The number of aromatic nitrogens is 1. The highest BCUT2D eigenvalue weighted by molar-refractivity contribution is 6.17. The SMILES string of the molecule is Cc1cc(CCl)cc(N(C)CCc2ccccc2)n1. The molecule has 1 aromatic carbocycles. The summed E-state index contributed by atoms with van der Waals surface area (Å²) in [4.78, 5) is 6.74. The molecule has 0 N–H and O–H groups in total. The fourth-order valence-electron chi connectivity index (χ4n) is 2.05. The van der Waals surface area contributed by atoms with Crippen molar-refractivity contribution in [3.63, 3.8) is 0 Å². The van der Waals surface area contributed by atoms with Gasteiger partial charge in [-0.25, -0.2) is 4.98 Å². The first-order valence-electron chi connectivity index (χ1n) is 6.47. The molecule has 0 spiro atoms. The van der Waals surface area contributed by atoms with E-state index in [0.29, 0.717) is 5.88 Å². The molecular formula is C16H19ClN2. The van der Waals surface area contributed by atoms with Gasteiger partial charge in [-0.3, -0.25) is 0 Å². The van der Waals surface area contributed by atoms with E-state index in [1.54, 1.807) is 0 Å². The van der Waals surface area contributed by atoms with Crippen LogP contribution in [0, 0.1) is 6.92 Å². The molecule has 0 aliphatic heterocycles. The zero-order chi connectivity index (χ0) is 13.7. The zero-order valence-electron chi connectivity index (χ0n) is 11.4. The van der Waals surface area contributed by atoms with Crippen molar-refractivity contribution < 1.29 is 0 Å². The largest absolute Gasteiger partial charge is 0.359 e. The van der Waals surface area contributed by atoms with Crippen molar-refractivity contribution in [1.29, 1.82) is 0 Å². The van der Waals surface area contributed by atoms with Crippen LogP contribution in [-0.4, -0.2) is 18.6 Å². The van der Waals surface area contributed by atoms with Crippen molar-refractivity contribution in [2.24, 2.45) is 0 Å². The Hall–Kier alpha value is -1.54. The Morgan fingerprint density at radius 1 is 1.11 bits per heavy atom. The summed E-state index contributed by atoms with van der Waals surface area (Å²) >= 11 is 5.90. The second-order valence-corrected chi connectivity index (χ2v) is 5.03. The van der Waals surface area contributed by atoms with Crippen LogP contribution in [0.15, 0.2) is 42.5 Å². The van der Waals surface area contributed by atoms with Crippen molar-refractivity contribution in [2.45, 2.75) is 19.2 Å². The molecule has 0 radical (unpaired) electrons. The highest BCUT2D eigenvalue weighted by Gasteiger charge is 2.05. The number of pyridine rings is 1. The van der Waals surface area contributed by atoms with Crippen LogP contribution >= 0.6 is 11.6 Å². The van der Waals surface area contributed by atoms with E-state index in [0.717, 1.165) is 30.0 Å². The van der Waals surface area contributed by atoms with E-state index < -0.39 is 0 Å². The molecule has 3 heteroatoms. The molecule has 19 heavy (non-hydrogen) atoms. The van der Waals surface area contributed by atoms with Crippen LogP contribution in [-0.2, 0) is 12.3 Å². The van der Waals surface area contributed by atoms with Crippen molar-refractivity contribution in [2.75, 3.05) is 18.5 Å². The molecule has 0 atom stereocenters. The summed E-state index contributed by atoms with van der Waals surface area (Å²) in [6.07, 6.45) is 1.02. The Balaban J connectivity index is 2.03. The number of benzene rings is 1. The molecule has 2 aromatic rings. The van der Waals surface area contributed by atoms with Gasteiger partial charge in [0, 0.05) is 25.2 Å². The molecule has 0 aliphatic carbocycles. The monoisotopic (exact) mass is 274 g/mol. The maximum Gasteiger partial charge on any atom is 0.128 e. The van der Waals surface area contributed by atoms with Gasteiger partial charge >= 0.3 is 0 Å². The first-order chi connectivity index (χ1) is 9.19. The normalized spacial score (nSPS) is 10.5. The molecule has 0 bridgehead atoms. The number of nitrogens with zero attached hydrogens (tertiary/aromatic N) is 2. The predicted octanol–water partition coefficient (Wildman–Crippen LogP) is 3.81. The van der Waals surface area contributed by atoms with Crippen LogP contribution in [0.2, 0.25) is 0 Å². The van der Waals surface area contributed by atoms with Gasteiger partial charge in [0.05, 0.1) is 0 Å². The number of halogens is 1. The van der Waals surface area contributed by atoms with E-state index in [1.807, 2.05) is 19.1 Å². The number of anilines is 1. The highest BCUT2D eigenvalue weighted by atomic mass is 35.5. The lowest BCUT2D eigenvalue weighted by Gasteiger charge is -2.19. The second-order valence-electron chi connectivity index (χ2n) is 4.77. The summed E-state index contributed by atoms with van der Waals surface area (Å²) in [7, 11) is 2.07. The first kappa shape index (κ1) is 13.9. The second kappa shape index (κ2) is 6.58. The van der Waals surface area contributed by atoms with E-state index in [4.69, 9.17) is 11.6 Å². The Kier molecular flexibility index (Phi) is 4.80. The van der Waals surface area contributed by atoms with E-state index in [1.165, 1.54) is 5.56 Å². The molecule has 0 saturated heterocycles. The van der Waals surface area contributed by atoms with Gasteiger partial charge in [-0.05, 0) is 36.6 Å². The molecular weight excluding hydrogens is 256 g/mol. The maximum atomic E-state index is 5.90. The lowest BCUT2D eigenvalue weighted by molar-refractivity contribution is 0.855. The summed E-state index contributed by atoms with van der Waals surface area (Å²) < 4.78 is 0. The quantitative estimate of drug-likeness (QED) is 0.771. The van der Waals surface area contributed by atoms with Gasteiger partial charge in [0.25, 0.3) is 0 Å². The topological polar surface area (TPSA) is 16.1 Å². The molecule has 2 nitrogen and oxygen atoms in total. The molecule has 0 saturated carbocycles. The summed E-state index contributed by atoms with van der Waals surface area (Å²) in [5.74, 6) is 1.52. The number of rotatable bonds is 5. The summed E-state index contributed by atoms with van der Waals surface area (Å²) in [6, 6.07) is 14.6. The van der Waals surface area contributed by atoms with Crippen LogP contribution < -0.4 is 4.90 Å². The Bertz CT molecular complexity index is 526. The Labute approximate surface area is 120 Å². The lowest BCUT2D eigenvalue weighted by Crippen LogP contribution is -2.21. The molecule has 1 heterocycles. The summed E-state index contributed by atoms with van der Waals surface area (Å²) in [6.45, 7) is 2.95. The number of hydrogen-bond acceptors (Lipinski definition) is 2. The van der Waals surface area contributed by atoms with Crippen LogP contribution in [0.5, 0.6) is 0 Å². The van der Waals surface area contributed by atoms with Gasteiger partial charge in [-0.15, -0.1) is 11.6 Å². The minimum Gasteiger partial charge on any atom is -0.359 e. The Morgan fingerprint density at radius 3 is 2.53 bits per heavy atom. The van der Waals surface area contributed by atoms with Crippen LogP contribution in [0.25, 0.3) is 0 Å². The van der Waals surface area contributed by atoms with Gasteiger partial charge < -0.3 is 4.90 Å². The van der Waals surface area contributed by atoms with Crippen molar-refractivity contribution in [3.05, 3.63) is 59.3 Å². The molecule has 0 amide bonds. The van der Waals surface area contributed by atoms with E-state index in [9.17, 15) is 0 Å². The van der Waals surface area contributed by atoms with Gasteiger partial charge in [0.2, 0.25) is 0 Å². The van der Waals surface area contributed by atoms with E-state index in [-0.39, 0.29) is 0 Å². The van der Waals surface area contributed by atoms with E-state index in [2.05, 4.69) is 47.3 Å².